The zero-order valence-electron chi connectivity index (χ0n) is 16.4. The maximum atomic E-state index is 13.0. The molecule has 0 saturated heterocycles. The fourth-order valence-corrected chi connectivity index (χ4v) is 3.13. The lowest BCUT2D eigenvalue weighted by Gasteiger charge is -2.20. The number of anilines is 1. The highest BCUT2D eigenvalue weighted by Gasteiger charge is 2.26. The van der Waals surface area contributed by atoms with Gasteiger partial charge in [0.25, 0.3) is 11.3 Å². The molecular formula is C19H22N4O5. The van der Waals surface area contributed by atoms with E-state index in [0.717, 1.165) is 0 Å². The van der Waals surface area contributed by atoms with Gasteiger partial charge in [-0.25, -0.2) is 0 Å². The van der Waals surface area contributed by atoms with Crippen LogP contribution in [0.5, 0.6) is 11.5 Å². The van der Waals surface area contributed by atoms with Crippen molar-refractivity contribution in [3.63, 3.8) is 0 Å². The number of hydrogen-bond donors (Lipinski definition) is 1. The lowest BCUT2D eigenvalue weighted by Crippen LogP contribution is -2.35. The van der Waals surface area contributed by atoms with Crippen molar-refractivity contribution in [1.82, 2.24) is 14.7 Å². The number of carbonyl (C=O) groups excluding carboxylic acids is 1. The van der Waals surface area contributed by atoms with Crippen LogP contribution in [-0.2, 0) is 4.79 Å². The first-order valence-electron chi connectivity index (χ1n) is 8.79. The number of nitrogens with zero attached hydrogens (tertiary/aromatic N) is 3. The molecule has 1 unspecified atom stereocenters. The normalized spacial score (nSPS) is 12.0. The molecule has 2 aromatic heterocycles. The minimum absolute atomic E-state index is 0.168. The van der Waals surface area contributed by atoms with Crippen molar-refractivity contribution >= 4 is 22.7 Å². The summed E-state index contributed by atoms with van der Waals surface area (Å²) in [7, 11) is 3.04. The van der Waals surface area contributed by atoms with Crippen LogP contribution in [0.15, 0.2) is 27.5 Å². The van der Waals surface area contributed by atoms with E-state index in [-0.39, 0.29) is 22.6 Å². The van der Waals surface area contributed by atoms with E-state index >= 15 is 0 Å². The van der Waals surface area contributed by atoms with E-state index in [2.05, 4.69) is 15.5 Å². The lowest BCUT2D eigenvalue weighted by atomic mass is 10.1. The number of methoxy groups -OCH3 is 2. The van der Waals surface area contributed by atoms with Crippen molar-refractivity contribution in [3.8, 4) is 11.5 Å². The smallest absolute Gasteiger partial charge is 0.267 e. The van der Waals surface area contributed by atoms with E-state index in [1.54, 1.807) is 32.0 Å². The summed E-state index contributed by atoms with van der Waals surface area (Å²) < 4.78 is 17.0. The Labute approximate surface area is 161 Å². The van der Waals surface area contributed by atoms with Gasteiger partial charge in [-0.15, -0.1) is 0 Å². The molecule has 148 valence electrons. The minimum atomic E-state index is -0.769. The Bertz CT molecular complexity index is 1090. The molecule has 1 N–H and O–H groups in total. The molecule has 1 aromatic carbocycles. The molecular weight excluding hydrogens is 364 g/mol. The largest absolute Gasteiger partial charge is 0.497 e. The first-order valence-corrected chi connectivity index (χ1v) is 8.79. The molecule has 3 aromatic rings. The Hall–Kier alpha value is -3.36. The molecule has 0 aliphatic heterocycles. The van der Waals surface area contributed by atoms with Crippen LogP contribution in [0.3, 0.4) is 0 Å². The summed E-state index contributed by atoms with van der Waals surface area (Å²) in [6, 6.07) is 4.31. The summed E-state index contributed by atoms with van der Waals surface area (Å²) in [5.41, 5.74) is 0.694. The number of nitrogens with one attached hydrogen (secondary N) is 1. The van der Waals surface area contributed by atoms with Gasteiger partial charge in [-0.05, 0) is 32.4 Å². The number of benzene rings is 1. The average molecular weight is 386 g/mol. The molecule has 0 spiro atoms. The second-order valence-electron chi connectivity index (χ2n) is 6.26. The van der Waals surface area contributed by atoms with Gasteiger partial charge >= 0.3 is 0 Å². The highest BCUT2D eigenvalue weighted by atomic mass is 16.5. The predicted molar refractivity (Wildman–Crippen MR) is 103 cm³/mol. The van der Waals surface area contributed by atoms with Crippen molar-refractivity contribution < 1.29 is 18.8 Å². The number of carbonyl (C=O) groups is 1. The van der Waals surface area contributed by atoms with Crippen LogP contribution in [0, 0.1) is 13.8 Å². The summed E-state index contributed by atoms with van der Waals surface area (Å²) in [6.07, 6.45) is 0.385. The number of aromatic nitrogens is 3. The second-order valence-corrected chi connectivity index (χ2v) is 6.26. The standard InChI is InChI=1S/C19H22N4O5/c1-6-14(17(24)21-13-9-12(26-4)7-8-15(13)27-5)23-11(3)20-18-16(19(23)25)10(2)22-28-18/h7-9,14H,6H2,1-5H3,(H,21,24). The molecule has 0 fully saturated rings. The van der Waals surface area contributed by atoms with E-state index in [0.29, 0.717) is 35.1 Å². The first kappa shape index (κ1) is 19.4. The van der Waals surface area contributed by atoms with E-state index in [4.69, 9.17) is 14.0 Å². The van der Waals surface area contributed by atoms with Crippen LogP contribution in [0.25, 0.3) is 11.1 Å². The first-order chi connectivity index (χ1) is 13.4. The third-order valence-electron chi connectivity index (χ3n) is 4.55. The molecule has 0 bridgehead atoms. The van der Waals surface area contributed by atoms with Gasteiger partial charge in [0.1, 0.15) is 28.8 Å². The molecule has 28 heavy (non-hydrogen) atoms. The van der Waals surface area contributed by atoms with Crippen LogP contribution in [0.2, 0.25) is 0 Å². The molecule has 3 rings (SSSR count). The maximum absolute atomic E-state index is 13.0. The van der Waals surface area contributed by atoms with Crippen molar-refractivity contribution in [2.24, 2.45) is 0 Å². The van der Waals surface area contributed by atoms with Gasteiger partial charge < -0.3 is 19.3 Å². The number of hydrogen-bond acceptors (Lipinski definition) is 7. The van der Waals surface area contributed by atoms with Crippen LogP contribution in [0.4, 0.5) is 5.69 Å². The number of fused-ring (bicyclic) bond motifs is 1. The Morgan fingerprint density at radius 1 is 1.29 bits per heavy atom. The summed E-state index contributed by atoms with van der Waals surface area (Å²) in [4.78, 5) is 30.3. The summed E-state index contributed by atoms with van der Waals surface area (Å²) in [5.74, 6) is 1.06. The Balaban J connectivity index is 2.03. The summed E-state index contributed by atoms with van der Waals surface area (Å²) in [6.45, 7) is 5.14. The second kappa shape index (κ2) is 7.71. The summed E-state index contributed by atoms with van der Waals surface area (Å²) in [5, 5.41) is 6.90. The van der Waals surface area contributed by atoms with Gasteiger partial charge in [0, 0.05) is 6.07 Å². The number of ether oxygens (including phenoxy) is 2. The fourth-order valence-electron chi connectivity index (χ4n) is 3.13. The fraction of sp³-hybridized carbons (Fsp3) is 0.368. The Kier molecular flexibility index (Phi) is 5.34. The van der Waals surface area contributed by atoms with Gasteiger partial charge in [0.15, 0.2) is 0 Å². The maximum Gasteiger partial charge on any atom is 0.267 e. The molecule has 0 saturated carbocycles. The van der Waals surface area contributed by atoms with Gasteiger partial charge in [-0.2, -0.15) is 4.98 Å². The number of rotatable bonds is 6. The van der Waals surface area contributed by atoms with Crippen LogP contribution in [-0.4, -0.2) is 34.8 Å². The highest BCUT2D eigenvalue weighted by Crippen LogP contribution is 2.30. The van der Waals surface area contributed by atoms with Crippen molar-refractivity contribution in [1.29, 1.82) is 0 Å². The molecule has 2 heterocycles. The Morgan fingerprint density at radius 2 is 2.04 bits per heavy atom. The van der Waals surface area contributed by atoms with Crippen LogP contribution < -0.4 is 20.3 Å². The highest BCUT2D eigenvalue weighted by molar-refractivity contribution is 5.95. The average Bonchev–Trinajstić information content (AvgIpc) is 3.05. The van der Waals surface area contributed by atoms with Gasteiger partial charge in [0.05, 0.1) is 25.6 Å². The molecule has 1 atom stereocenters. The van der Waals surface area contributed by atoms with Crippen LogP contribution in [0.1, 0.15) is 30.9 Å². The molecule has 0 radical (unpaired) electrons. The molecule has 9 heteroatoms. The van der Waals surface area contributed by atoms with E-state index in [1.807, 2.05) is 6.92 Å². The Morgan fingerprint density at radius 3 is 2.68 bits per heavy atom. The van der Waals surface area contributed by atoms with Crippen molar-refractivity contribution in [3.05, 3.63) is 40.1 Å². The third-order valence-corrected chi connectivity index (χ3v) is 4.55. The number of aryl methyl sites for hydroxylation is 2. The zero-order valence-corrected chi connectivity index (χ0v) is 16.4. The topological polar surface area (TPSA) is 108 Å². The van der Waals surface area contributed by atoms with E-state index in [1.165, 1.54) is 18.8 Å². The monoisotopic (exact) mass is 386 g/mol. The number of amides is 1. The summed E-state index contributed by atoms with van der Waals surface area (Å²) >= 11 is 0. The molecule has 9 nitrogen and oxygen atoms in total. The molecule has 1 amide bonds. The van der Waals surface area contributed by atoms with E-state index < -0.39 is 6.04 Å². The molecule has 0 aliphatic rings. The molecule has 0 aliphatic carbocycles. The minimum Gasteiger partial charge on any atom is -0.497 e. The van der Waals surface area contributed by atoms with Gasteiger partial charge in [0.2, 0.25) is 5.91 Å². The van der Waals surface area contributed by atoms with Crippen LogP contribution >= 0.6 is 0 Å². The quantitative estimate of drug-likeness (QED) is 0.693. The lowest BCUT2D eigenvalue weighted by molar-refractivity contribution is -0.119. The van der Waals surface area contributed by atoms with Crippen molar-refractivity contribution in [2.75, 3.05) is 19.5 Å². The zero-order chi connectivity index (χ0) is 20.4. The van der Waals surface area contributed by atoms with Crippen molar-refractivity contribution in [2.45, 2.75) is 33.2 Å². The third kappa shape index (κ3) is 3.30. The predicted octanol–water partition coefficient (Wildman–Crippen LogP) is 2.61. The SMILES string of the molecule is CCC(C(=O)Nc1cc(OC)ccc1OC)n1c(C)nc2onc(C)c2c1=O. The van der Waals surface area contributed by atoms with Gasteiger partial charge in [-0.1, -0.05) is 12.1 Å². The van der Waals surface area contributed by atoms with E-state index in [9.17, 15) is 9.59 Å². The van der Waals surface area contributed by atoms with Gasteiger partial charge in [-0.3, -0.25) is 14.2 Å².